The van der Waals surface area contributed by atoms with Gasteiger partial charge in [0.05, 0.1) is 5.56 Å². The normalized spacial score (nSPS) is 16.1. The smallest absolute Gasteiger partial charge is 0.358 e. The number of benzene rings is 1. The first kappa shape index (κ1) is 23.2. The third-order valence-corrected chi connectivity index (χ3v) is 6.51. The molecule has 7 heteroatoms. The minimum absolute atomic E-state index is 0.236. The zero-order valence-electron chi connectivity index (χ0n) is 15.8. The van der Waals surface area contributed by atoms with Crippen LogP contribution in [0.1, 0.15) is 52.5 Å². The van der Waals surface area contributed by atoms with E-state index in [0.29, 0.717) is 4.75 Å². The van der Waals surface area contributed by atoms with Gasteiger partial charge in [0.1, 0.15) is 0 Å². The predicted molar refractivity (Wildman–Crippen MR) is 106 cm³/mol. The van der Waals surface area contributed by atoms with Crippen LogP contribution in [-0.2, 0) is 11.0 Å². The third kappa shape index (κ3) is 9.21. The van der Waals surface area contributed by atoms with Gasteiger partial charge in [0.2, 0.25) is 6.41 Å². The summed E-state index contributed by atoms with van der Waals surface area (Å²) in [4.78, 5) is 10.7. The molecule has 148 valence electrons. The van der Waals surface area contributed by atoms with Gasteiger partial charge in [0, 0.05) is 26.7 Å². The summed E-state index contributed by atoms with van der Waals surface area (Å²) < 4.78 is 37.5. The summed E-state index contributed by atoms with van der Waals surface area (Å²) in [5, 5.41) is 2.62. The van der Waals surface area contributed by atoms with Gasteiger partial charge in [-0.05, 0) is 37.1 Å². The molecular weight excluding hydrogens is 379 g/mol. The van der Waals surface area contributed by atoms with E-state index in [1.165, 1.54) is 6.42 Å². The van der Waals surface area contributed by atoms with Crippen LogP contribution < -0.4 is 5.32 Å². The number of alkyl halides is 3. The lowest BCUT2D eigenvalue weighted by Crippen LogP contribution is -2.28. The zero-order chi connectivity index (χ0) is 19.8. The van der Waals surface area contributed by atoms with Crippen LogP contribution in [0.25, 0.3) is 0 Å². The molecule has 1 fully saturated rings. The average Bonchev–Trinajstić information content (AvgIpc) is 2.49. The number of nitrogens with one attached hydrogen (secondary N) is 1. The second-order valence-corrected chi connectivity index (χ2v) is 11.0. The molecule has 0 atom stereocenters. The van der Waals surface area contributed by atoms with Crippen LogP contribution >= 0.6 is 23.5 Å². The molecule has 1 aromatic rings. The van der Waals surface area contributed by atoms with Crippen LogP contribution in [0.5, 0.6) is 0 Å². The summed E-state index contributed by atoms with van der Waals surface area (Å²) in [5.41, 5.74) is -0.574. The minimum atomic E-state index is -4.23. The predicted octanol–water partition coefficient (Wildman–Crippen LogP) is 6.00. The highest BCUT2D eigenvalue weighted by molar-refractivity contribution is 8.00. The van der Waals surface area contributed by atoms with E-state index >= 15 is 0 Å². The largest absolute Gasteiger partial charge is 0.416 e. The molecule has 0 aliphatic heterocycles. The van der Waals surface area contributed by atoms with Crippen molar-refractivity contribution in [2.75, 3.05) is 12.3 Å². The van der Waals surface area contributed by atoms with Crippen molar-refractivity contribution in [3.8, 4) is 0 Å². The summed E-state index contributed by atoms with van der Waals surface area (Å²) in [6.45, 7) is 9.43. The maximum Gasteiger partial charge on any atom is 0.416 e. The number of amides is 1. The van der Waals surface area contributed by atoms with Crippen LogP contribution in [0.4, 0.5) is 13.2 Å². The average molecular weight is 408 g/mol. The molecule has 0 bridgehead atoms. The van der Waals surface area contributed by atoms with Crippen LogP contribution in [0, 0.1) is 0 Å². The molecule has 2 nitrogen and oxygen atoms in total. The molecule has 1 amide bonds. The van der Waals surface area contributed by atoms with E-state index in [0.717, 1.165) is 48.6 Å². The number of hydrogen-bond donors (Lipinski definition) is 1. The Balaban J connectivity index is 0.000000294. The van der Waals surface area contributed by atoms with Crippen LogP contribution in [0.2, 0.25) is 0 Å². The fraction of sp³-hybridized carbons (Fsp3) is 0.632. The van der Waals surface area contributed by atoms with E-state index in [2.05, 4.69) is 33.0 Å². The lowest BCUT2D eigenvalue weighted by molar-refractivity contribution is -0.137. The maximum atomic E-state index is 12.3. The van der Waals surface area contributed by atoms with Crippen molar-refractivity contribution in [3.63, 3.8) is 0 Å². The van der Waals surface area contributed by atoms with Gasteiger partial charge in [-0.3, -0.25) is 4.79 Å². The lowest BCUT2D eigenvalue weighted by Gasteiger charge is -2.37. The van der Waals surface area contributed by atoms with Crippen molar-refractivity contribution in [1.29, 1.82) is 0 Å². The van der Waals surface area contributed by atoms with Crippen molar-refractivity contribution in [2.45, 2.75) is 67.5 Å². The van der Waals surface area contributed by atoms with Gasteiger partial charge in [-0.25, -0.2) is 0 Å². The van der Waals surface area contributed by atoms with Gasteiger partial charge in [-0.2, -0.15) is 24.9 Å². The Hall–Kier alpha value is -0.820. The molecule has 0 radical (unpaired) electrons. The molecule has 0 unspecified atom stereocenters. The fourth-order valence-electron chi connectivity index (χ4n) is 2.25. The third-order valence-electron chi connectivity index (χ3n) is 3.82. The molecule has 26 heavy (non-hydrogen) atoms. The Morgan fingerprint density at radius 3 is 2.12 bits per heavy atom. The van der Waals surface area contributed by atoms with Gasteiger partial charge in [0.25, 0.3) is 0 Å². The van der Waals surface area contributed by atoms with E-state index in [1.807, 2.05) is 11.8 Å². The number of rotatable bonds is 6. The second-order valence-electron chi connectivity index (χ2n) is 7.46. The monoisotopic (exact) mass is 407 g/mol. The topological polar surface area (TPSA) is 29.1 Å². The highest BCUT2D eigenvalue weighted by atomic mass is 32.2. The second kappa shape index (κ2) is 9.93. The SMILES string of the molecule is CC(C)(C)SCCNC=O.CC1(Sc2ccc(C(F)(F)F)cc2)CCC1. The molecule has 0 spiro atoms. The quantitative estimate of drug-likeness (QED) is 0.463. The molecule has 1 aromatic carbocycles. The van der Waals surface area contributed by atoms with E-state index in [1.54, 1.807) is 23.9 Å². The molecule has 1 aliphatic carbocycles. The van der Waals surface area contributed by atoms with Crippen LogP contribution in [0.15, 0.2) is 29.2 Å². The van der Waals surface area contributed by atoms with E-state index in [4.69, 9.17) is 0 Å². The fourth-order valence-corrected chi connectivity index (χ4v) is 4.41. The van der Waals surface area contributed by atoms with Gasteiger partial charge in [0.15, 0.2) is 0 Å². The Morgan fingerprint density at radius 2 is 1.73 bits per heavy atom. The lowest BCUT2D eigenvalue weighted by atomic mass is 9.86. The Bertz CT molecular complexity index is 549. The van der Waals surface area contributed by atoms with E-state index in [9.17, 15) is 18.0 Å². The van der Waals surface area contributed by atoms with Crippen molar-refractivity contribution in [1.82, 2.24) is 5.32 Å². The van der Waals surface area contributed by atoms with Crippen LogP contribution in [0.3, 0.4) is 0 Å². The Morgan fingerprint density at radius 1 is 1.15 bits per heavy atom. The van der Waals surface area contributed by atoms with Gasteiger partial charge >= 0.3 is 6.18 Å². The first-order valence-electron chi connectivity index (χ1n) is 8.62. The van der Waals surface area contributed by atoms with Crippen molar-refractivity contribution in [3.05, 3.63) is 29.8 Å². The molecule has 0 aromatic heterocycles. The molecular formula is C19H28F3NOS2. The van der Waals surface area contributed by atoms with Crippen molar-refractivity contribution >= 4 is 29.9 Å². The first-order valence-corrected chi connectivity index (χ1v) is 10.4. The first-order chi connectivity index (χ1) is 12.0. The molecule has 2 rings (SSSR count). The number of thioether (sulfide) groups is 2. The van der Waals surface area contributed by atoms with Gasteiger partial charge in [-0.15, -0.1) is 11.8 Å². The number of halogens is 3. The zero-order valence-corrected chi connectivity index (χ0v) is 17.4. The molecule has 1 N–H and O–H groups in total. The van der Waals surface area contributed by atoms with Crippen LogP contribution in [-0.4, -0.2) is 28.2 Å². The van der Waals surface area contributed by atoms with Crippen molar-refractivity contribution < 1.29 is 18.0 Å². The summed E-state index contributed by atoms with van der Waals surface area (Å²) in [6, 6.07) is 5.45. The Labute approximate surface area is 163 Å². The van der Waals surface area contributed by atoms with E-state index < -0.39 is 11.7 Å². The van der Waals surface area contributed by atoms with Crippen molar-refractivity contribution in [2.24, 2.45) is 0 Å². The number of hydrogen-bond acceptors (Lipinski definition) is 3. The molecule has 0 heterocycles. The Kier molecular flexibility index (Phi) is 8.86. The minimum Gasteiger partial charge on any atom is -0.358 e. The summed E-state index contributed by atoms with van der Waals surface area (Å²) in [5.74, 6) is 0.988. The van der Waals surface area contributed by atoms with Gasteiger partial charge in [-0.1, -0.05) is 34.1 Å². The summed E-state index contributed by atoms with van der Waals surface area (Å²) in [7, 11) is 0. The standard InChI is InChI=1S/C12H13F3S.C7H15NOS/c1-11(7-2-8-11)16-10-5-3-9(4-6-10)12(13,14)15;1-7(2,3)10-5-4-8-6-9/h3-6H,2,7-8H2,1H3;6H,4-5H2,1-3H3,(H,8,9). The van der Waals surface area contributed by atoms with E-state index in [-0.39, 0.29) is 4.75 Å². The number of carbonyl (C=O) groups excluding carboxylic acids is 1. The maximum absolute atomic E-state index is 12.3. The molecule has 1 saturated carbocycles. The van der Waals surface area contributed by atoms with Gasteiger partial charge < -0.3 is 5.32 Å². The molecule has 1 aliphatic rings. The highest BCUT2D eigenvalue weighted by Crippen LogP contribution is 2.47. The molecule has 0 saturated heterocycles. The number of carbonyl (C=O) groups is 1. The summed E-state index contributed by atoms with van der Waals surface area (Å²) in [6.07, 6.45) is 0.0360. The highest BCUT2D eigenvalue weighted by Gasteiger charge is 2.33. The summed E-state index contributed by atoms with van der Waals surface area (Å²) >= 11 is 3.54.